The number of hydrogen-bond donors (Lipinski definition) is 2. The van der Waals surface area contributed by atoms with Gasteiger partial charge in [-0.25, -0.2) is 4.98 Å². The molecule has 3 N–H and O–H groups in total. The molecule has 1 amide bonds. The Morgan fingerprint density at radius 3 is 2.84 bits per heavy atom. The van der Waals surface area contributed by atoms with Crippen molar-refractivity contribution in [2.45, 2.75) is 30.3 Å². The first kappa shape index (κ1) is 21.6. The van der Waals surface area contributed by atoms with Crippen LogP contribution < -0.4 is 5.73 Å². The van der Waals surface area contributed by atoms with Crippen LogP contribution in [0.15, 0.2) is 58.0 Å². The highest BCUT2D eigenvalue weighted by Gasteiger charge is 2.23. The first-order valence-electron chi connectivity index (χ1n) is 9.59. The number of nitriles is 1. The molecule has 1 unspecified atom stereocenters. The van der Waals surface area contributed by atoms with E-state index in [9.17, 15) is 15.2 Å². The molecule has 0 aliphatic heterocycles. The lowest BCUT2D eigenvalue weighted by Gasteiger charge is -2.13. The van der Waals surface area contributed by atoms with Gasteiger partial charge >= 0.3 is 0 Å². The maximum absolute atomic E-state index is 11.3. The van der Waals surface area contributed by atoms with Crippen molar-refractivity contribution >= 4 is 44.8 Å². The van der Waals surface area contributed by atoms with Gasteiger partial charge in [0, 0.05) is 13.0 Å². The SMILES string of the molecule is CC(Sc1nnc(-c2ccco2)n1CCC(N)=O)/C(O)=C(\C#N)c1nc2ccccc2s1. The van der Waals surface area contributed by atoms with Crippen molar-refractivity contribution in [3.8, 4) is 17.7 Å². The van der Waals surface area contributed by atoms with Crippen LogP contribution in [0.1, 0.15) is 18.4 Å². The van der Waals surface area contributed by atoms with Gasteiger partial charge in [0.1, 0.15) is 22.4 Å². The van der Waals surface area contributed by atoms with E-state index in [1.807, 2.05) is 24.3 Å². The molecule has 4 rings (SSSR count). The lowest BCUT2D eigenvalue weighted by molar-refractivity contribution is -0.118. The third-order valence-electron chi connectivity index (χ3n) is 4.58. The fourth-order valence-electron chi connectivity index (χ4n) is 3.00. The molecule has 11 heteroatoms. The van der Waals surface area contributed by atoms with E-state index in [0.29, 0.717) is 21.7 Å². The number of benzene rings is 1. The molecule has 0 fully saturated rings. The number of aliphatic hydroxyl groups excluding tert-OH is 1. The summed E-state index contributed by atoms with van der Waals surface area (Å²) in [4.78, 5) is 15.8. The Balaban J connectivity index is 1.65. The molecule has 32 heavy (non-hydrogen) atoms. The molecule has 0 bridgehead atoms. The zero-order chi connectivity index (χ0) is 22.7. The summed E-state index contributed by atoms with van der Waals surface area (Å²) >= 11 is 2.55. The number of furan rings is 1. The Kier molecular flexibility index (Phi) is 6.25. The van der Waals surface area contributed by atoms with Crippen molar-refractivity contribution in [2.24, 2.45) is 5.73 Å². The predicted octanol–water partition coefficient (Wildman–Crippen LogP) is 4.00. The summed E-state index contributed by atoms with van der Waals surface area (Å²) in [5, 5.41) is 29.3. The quantitative estimate of drug-likeness (QED) is 0.225. The number of allylic oxidation sites excluding steroid dienone is 1. The standard InChI is InChI=1S/C21H18N6O3S2/c1-12(18(29)13(11-22)20-24-14-5-2-3-7-16(14)32-20)31-21-26-25-19(15-6-4-10-30-15)27(21)9-8-17(23)28/h2-7,10,12,29H,8-9H2,1H3,(H2,23,28)/b18-13-. The number of thioether (sulfide) groups is 1. The predicted molar refractivity (Wildman–Crippen MR) is 122 cm³/mol. The smallest absolute Gasteiger partial charge is 0.219 e. The van der Waals surface area contributed by atoms with Gasteiger partial charge in [-0.2, -0.15) is 5.26 Å². The zero-order valence-electron chi connectivity index (χ0n) is 16.9. The van der Waals surface area contributed by atoms with Crippen LogP contribution >= 0.6 is 23.1 Å². The molecule has 3 aromatic heterocycles. The highest BCUT2D eigenvalue weighted by atomic mass is 32.2. The van der Waals surface area contributed by atoms with Crippen LogP contribution in [-0.4, -0.2) is 36.0 Å². The minimum atomic E-state index is -0.530. The number of amides is 1. The van der Waals surface area contributed by atoms with Crippen molar-refractivity contribution in [3.05, 3.63) is 53.4 Å². The van der Waals surface area contributed by atoms with Crippen molar-refractivity contribution in [1.29, 1.82) is 5.26 Å². The van der Waals surface area contributed by atoms with E-state index in [2.05, 4.69) is 21.3 Å². The Morgan fingerprint density at radius 1 is 1.34 bits per heavy atom. The van der Waals surface area contributed by atoms with Gasteiger partial charge in [0.2, 0.25) is 5.91 Å². The monoisotopic (exact) mass is 466 g/mol. The van der Waals surface area contributed by atoms with Crippen LogP contribution in [0.4, 0.5) is 0 Å². The summed E-state index contributed by atoms with van der Waals surface area (Å²) in [6.45, 7) is 2.01. The molecule has 0 saturated carbocycles. The van der Waals surface area contributed by atoms with Gasteiger partial charge in [-0.3, -0.25) is 9.36 Å². The summed E-state index contributed by atoms with van der Waals surface area (Å²) < 4.78 is 8.06. The normalized spacial score (nSPS) is 13.0. The summed E-state index contributed by atoms with van der Waals surface area (Å²) in [6, 6.07) is 13.1. The van der Waals surface area contributed by atoms with E-state index in [-0.39, 0.29) is 24.3 Å². The third kappa shape index (κ3) is 4.37. The van der Waals surface area contributed by atoms with E-state index >= 15 is 0 Å². The Hall–Kier alpha value is -3.62. The maximum Gasteiger partial charge on any atom is 0.219 e. The number of fused-ring (bicyclic) bond motifs is 1. The molecule has 0 saturated heterocycles. The van der Waals surface area contributed by atoms with Crippen molar-refractivity contribution in [1.82, 2.24) is 19.7 Å². The molecule has 0 aliphatic carbocycles. The minimum absolute atomic E-state index is 0.0880. The number of rotatable bonds is 8. The lowest BCUT2D eigenvalue weighted by atomic mass is 10.2. The molecule has 9 nitrogen and oxygen atoms in total. The molecular formula is C21H18N6O3S2. The lowest BCUT2D eigenvalue weighted by Crippen LogP contribution is -2.15. The first-order valence-corrected chi connectivity index (χ1v) is 11.3. The van der Waals surface area contributed by atoms with Crippen molar-refractivity contribution in [2.75, 3.05) is 0 Å². The van der Waals surface area contributed by atoms with E-state index < -0.39 is 11.2 Å². The molecule has 0 radical (unpaired) electrons. The largest absolute Gasteiger partial charge is 0.510 e. The second-order valence-corrected chi connectivity index (χ2v) is 9.11. The number of thiazole rings is 1. The Morgan fingerprint density at radius 2 is 2.16 bits per heavy atom. The van der Waals surface area contributed by atoms with Gasteiger partial charge in [0.05, 0.1) is 21.7 Å². The number of para-hydroxylation sites is 1. The molecule has 1 aromatic carbocycles. The fraction of sp³-hybridized carbons (Fsp3) is 0.190. The second kappa shape index (κ2) is 9.25. The molecular weight excluding hydrogens is 448 g/mol. The summed E-state index contributed by atoms with van der Waals surface area (Å²) in [5.74, 6) is 0.369. The average molecular weight is 467 g/mol. The van der Waals surface area contributed by atoms with Gasteiger partial charge in [-0.05, 0) is 31.2 Å². The number of nitrogens with zero attached hydrogens (tertiary/aromatic N) is 5. The third-order valence-corrected chi connectivity index (χ3v) is 6.73. The second-order valence-electron chi connectivity index (χ2n) is 6.77. The van der Waals surface area contributed by atoms with Crippen molar-refractivity contribution in [3.63, 3.8) is 0 Å². The number of carbonyl (C=O) groups excluding carboxylic acids is 1. The van der Waals surface area contributed by atoms with Gasteiger partial charge in [0.25, 0.3) is 0 Å². The highest BCUT2D eigenvalue weighted by molar-refractivity contribution is 7.99. The van der Waals surface area contributed by atoms with Crippen molar-refractivity contribution < 1.29 is 14.3 Å². The van der Waals surface area contributed by atoms with Crippen LogP contribution in [0.25, 0.3) is 27.4 Å². The summed E-state index contributed by atoms with van der Waals surface area (Å²) in [5.41, 5.74) is 6.20. The molecule has 0 spiro atoms. The number of aromatic nitrogens is 4. The summed E-state index contributed by atoms with van der Waals surface area (Å²) in [7, 11) is 0. The van der Waals surface area contributed by atoms with E-state index in [4.69, 9.17) is 10.2 Å². The Bertz CT molecular complexity index is 1300. The molecule has 1 atom stereocenters. The number of hydrogen-bond acceptors (Lipinski definition) is 9. The van der Waals surface area contributed by atoms with Gasteiger partial charge in [0.15, 0.2) is 16.7 Å². The van der Waals surface area contributed by atoms with Gasteiger partial charge in [-0.15, -0.1) is 21.5 Å². The minimum Gasteiger partial charge on any atom is -0.510 e. The molecule has 4 aromatic rings. The number of primary amides is 1. The van der Waals surface area contributed by atoms with E-state index in [0.717, 1.165) is 10.2 Å². The zero-order valence-corrected chi connectivity index (χ0v) is 18.6. The van der Waals surface area contributed by atoms with Gasteiger partial charge in [-0.1, -0.05) is 23.9 Å². The first-order chi connectivity index (χ1) is 15.5. The fourth-order valence-corrected chi connectivity index (χ4v) is 4.91. The average Bonchev–Trinajstić information content (AvgIpc) is 3.52. The molecule has 162 valence electrons. The molecule has 3 heterocycles. The number of aliphatic hydroxyl groups is 1. The van der Waals surface area contributed by atoms with Crippen LogP contribution in [0.5, 0.6) is 0 Å². The van der Waals surface area contributed by atoms with Gasteiger partial charge < -0.3 is 15.3 Å². The van der Waals surface area contributed by atoms with Crippen LogP contribution in [0.3, 0.4) is 0 Å². The highest BCUT2D eigenvalue weighted by Crippen LogP contribution is 2.34. The maximum atomic E-state index is 11.3. The summed E-state index contributed by atoms with van der Waals surface area (Å²) in [6.07, 6.45) is 1.61. The van der Waals surface area contributed by atoms with Crippen LogP contribution in [-0.2, 0) is 11.3 Å². The topological polar surface area (TPSA) is 144 Å². The van der Waals surface area contributed by atoms with Crippen LogP contribution in [0, 0.1) is 11.3 Å². The number of carbonyl (C=O) groups is 1. The molecule has 0 aliphatic rings. The van der Waals surface area contributed by atoms with E-state index in [1.54, 1.807) is 23.6 Å². The van der Waals surface area contributed by atoms with E-state index in [1.165, 1.54) is 29.4 Å². The van der Waals surface area contributed by atoms with Crippen LogP contribution in [0.2, 0.25) is 0 Å². The number of nitrogens with two attached hydrogens (primary N) is 1. The Labute approximate surface area is 191 Å².